The van der Waals surface area contributed by atoms with E-state index < -0.39 is 21.8 Å². The Labute approximate surface area is 175 Å². The maximum absolute atomic E-state index is 12.8. The number of aldehydes is 1. The van der Waals surface area contributed by atoms with Gasteiger partial charge in [0, 0.05) is 36.8 Å². The maximum atomic E-state index is 12.8. The molecule has 2 aromatic rings. The number of carbonyl (C=O) groups is 3. The molecule has 1 N–H and O–H groups in total. The molecule has 1 atom stereocenters. The van der Waals surface area contributed by atoms with Crippen LogP contribution < -0.4 is 5.32 Å². The van der Waals surface area contributed by atoms with Gasteiger partial charge in [0.1, 0.15) is 12.3 Å². The number of aromatic nitrogens is 1. The number of amides is 2. The number of carbonyl (C=O) groups excluding carboxylic acids is 3. The number of hydrogen-bond acceptors (Lipinski definition) is 6. The molecule has 0 unspecified atom stereocenters. The Morgan fingerprint density at radius 3 is 2.40 bits per heavy atom. The lowest BCUT2D eigenvalue weighted by Crippen LogP contribution is -2.52. The molecular formula is C21H23N3O5S. The lowest BCUT2D eigenvalue weighted by molar-refractivity contribution is -0.133. The van der Waals surface area contributed by atoms with Gasteiger partial charge in [-0.25, -0.2) is 8.42 Å². The van der Waals surface area contributed by atoms with Gasteiger partial charge in [0.15, 0.2) is 9.84 Å². The number of sulfone groups is 1. The van der Waals surface area contributed by atoms with Crippen molar-refractivity contribution in [2.45, 2.75) is 18.9 Å². The number of nitrogens with zero attached hydrogens (tertiary/aromatic N) is 2. The van der Waals surface area contributed by atoms with E-state index in [1.165, 1.54) is 4.90 Å². The number of hydrogen-bond donors (Lipinski definition) is 1. The molecular weight excluding hydrogens is 406 g/mol. The topological polar surface area (TPSA) is 114 Å². The molecule has 3 rings (SSSR count). The largest absolute Gasteiger partial charge is 0.340 e. The summed E-state index contributed by atoms with van der Waals surface area (Å²) in [7, 11) is -3.13. The second kappa shape index (κ2) is 9.62. The van der Waals surface area contributed by atoms with Gasteiger partial charge < -0.3 is 15.0 Å². The fourth-order valence-corrected chi connectivity index (χ4v) is 4.41. The minimum absolute atomic E-state index is 0.0907. The molecule has 0 saturated carbocycles. The molecule has 1 fully saturated rings. The number of rotatable bonds is 7. The smallest absolute Gasteiger partial charge is 0.251 e. The summed E-state index contributed by atoms with van der Waals surface area (Å²) < 4.78 is 23.2. The minimum Gasteiger partial charge on any atom is -0.340 e. The first-order chi connectivity index (χ1) is 14.4. The van der Waals surface area contributed by atoms with E-state index in [-0.39, 0.29) is 43.3 Å². The molecule has 158 valence electrons. The minimum atomic E-state index is -3.13. The van der Waals surface area contributed by atoms with Crippen LogP contribution in [0.2, 0.25) is 0 Å². The van der Waals surface area contributed by atoms with Crippen molar-refractivity contribution < 1.29 is 22.8 Å². The molecule has 30 heavy (non-hydrogen) atoms. The zero-order valence-corrected chi connectivity index (χ0v) is 17.2. The van der Waals surface area contributed by atoms with Gasteiger partial charge in [0.25, 0.3) is 5.91 Å². The second-order valence-corrected chi connectivity index (χ2v) is 9.34. The van der Waals surface area contributed by atoms with Crippen LogP contribution in [-0.2, 0) is 19.4 Å². The van der Waals surface area contributed by atoms with E-state index in [2.05, 4.69) is 10.3 Å². The summed E-state index contributed by atoms with van der Waals surface area (Å²) in [6, 6.07) is 11.5. The summed E-state index contributed by atoms with van der Waals surface area (Å²) >= 11 is 0. The van der Waals surface area contributed by atoms with Crippen LogP contribution >= 0.6 is 0 Å². The molecule has 2 heterocycles. The van der Waals surface area contributed by atoms with Crippen molar-refractivity contribution in [3.05, 3.63) is 54.2 Å². The van der Waals surface area contributed by atoms with E-state index in [9.17, 15) is 22.8 Å². The highest BCUT2D eigenvalue weighted by Crippen LogP contribution is 2.17. The SMILES string of the molecule is O=CCC[C@H](NC(=O)c1ccc(-c2ccccn2)cc1)C(=O)N1CCS(=O)(=O)CC1. The summed E-state index contributed by atoms with van der Waals surface area (Å²) in [5, 5.41) is 2.69. The fourth-order valence-electron chi connectivity index (χ4n) is 3.21. The number of nitrogens with one attached hydrogen (secondary N) is 1. The van der Waals surface area contributed by atoms with Gasteiger partial charge in [-0.15, -0.1) is 0 Å². The molecule has 1 saturated heterocycles. The Morgan fingerprint density at radius 1 is 1.10 bits per heavy atom. The number of pyridine rings is 1. The van der Waals surface area contributed by atoms with E-state index in [0.717, 1.165) is 11.3 Å². The van der Waals surface area contributed by atoms with E-state index in [1.54, 1.807) is 30.5 Å². The normalized spacial score (nSPS) is 16.5. The molecule has 9 heteroatoms. The predicted octanol–water partition coefficient (Wildman–Crippen LogP) is 1.08. The first-order valence-corrected chi connectivity index (χ1v) is 11.5. The molecule has 1 aromatic heterocycles. The fraction of sp³-hybridized carbons (Fsp3) is 0.333. The number of benzene rings is 1. The maximum Gasteiger partial charge on any atom is 0.251 e. The van der Waals surface area contributed by atoms with Crippen molar-refractivity contribution in [2.24, 2.45) is 0 Å². The van der Waals surface area contributed by atoms with Gasteiger partial charge >= 0.3 is 0 Å². The molecule has 1 aliphatic rings. The van der Waals surface area contributed by atoms with Gasteiger partial charge in [0.2, 0.25) is 5.91 Å². The lowest BCUT2D eigenvalue weighted by atomic mass is 10.1. The van der Waals surface area contributed by atoms with Gasteiger partial charge in [-0.05, 0) is 30.7 Å². The Hall–Kier alpha value is -3.07. The highest BCUT2D eigenvalue weighted by molar-refractivity contribution is 7.91. The predicted molar refractivity (Wildman–Crippen MR) is 111 cm³/mol. The standard InChI is InChI=1S/C21H23N3O5S/c25-13-3-5-19(21(27)24-11-14-30(28,29)15-12-24)23-20(26)17-8-6-16(7-9-17)18-4-1-2-10-22-18/h1-2,4,6-10,13,19H,3,5,11-12,14-15H2,(H,23,26)/t19-/m0/s1. The summed E-state index contributed by atoms with van der Waals surface area (Å²) in [6.45, 7) is 0.181. The molecule has 2 amide bonds. The third-order valence-corrected chi connectivity index (χ3v) is 6.55. The van der Waals surface area contributed by atoms with Gasteiger partial charge in [-0.2, -0.15) is 0 Å². The quantitative estimate of drug-likeness (QED) is 0.659. The Balaban J connectivity index is 1.69. The van der Waals surface area contributed by atoms with Crippen LogP contribution in [0.25, 0.3) is 11.3 Å². The van der Waals surface area contributed by atoms with E-state index >= 15 is 0 Å². The second-order valence-electron chi connectivity index (χ2n) is 7.04. The summed E-state index contributed by atoms with van der Waals surface area (Å²) in [5.74, 6) is -0.994. The van der Waals surface area contributed by atoms with Gasteiger partial charge in [-0.1, -0.05) is 18.2 Å². The first kappa shape index (κ1) is 21.6. The zero-order valence-electron chi connectivity index (χ0n) is 16.4. The zero-order chi connectivity index (χ0) is 21.6. The van der Waals surface area contributed by atoms with Crippen LogP contribution in [0.1, 0.15) is 23.2 Å². The molecule has 8 nitrogen and oxygen atoms in total. The third-order valence-electron chi connectivity index (χ3n) is 4.94. The van der Waals surface area contributed by atoms with Crippen molar-refractivity contribution in [2.75, 3.05) is 24.6 Å². The van der Waals surface area contributed by atoms with E-state index in [0.29, 0.717) is 11.8 Å². The summed E-state index contributed by atoms with van der Waals surface area (Å²) in [6.07, 6.45) is 2.64. The Kier molecular flexibility index (Phi) is 6.94. The molecule has 1 aliphatic heterocycles. The Morgan fingerprint density at radius 2 is 1.80 bits per heavy atom. The van der Waals surface area contributed by atoms with Gasteiger partial charge in [-0.3, -0.25) is 14.6 Å². The highest BCUT2D eigenvalue weighted by Gasteiger charge is 2.30. The Bertz CT molecular complexity index is 993. The first-order valence-electron chi connectivity index (χ1n) is 9.65. The third kappa shape index (κ3) is 5.50. The molecule has 1 aromatic carbocycles. The van der Waals surface area contributed by atoms with Crippen molar-refractivity contribution in [1.82, 2.24) is 15.2 Å². The van der Waals surface area contributed by atoms with Crippen LogP contribution in [0.4, 0.5) is 0 Å². The van der Waals surface area contributed by atoms with Crippen molar-refractivity contribution in [3.63, 3.8) is 0 Å². The summed E-state index contributed by atoms with van der Waals surface area (Å²) in [5.41, 5.74) is 2.01. The highest BCUT2D eigenvalue weighted by atomic mass is 32.2. The summed E-state index contributed by atoms with van der Waals surface area (Å²) in [4.78, 5) is 42.0. The van der Waals surface area contributed by atoms with Crippen molar-refractivity contribution >= 4 is 27.9 Å². The molecule has 0 spiro atoms. The van der Waals surface area contributed by atoms with Crippen LogP contribution in [0.5, 0.6) is 0 Å². The van der Waals surface area contributed by atoms with Crippen molar-refractivity contribution in [3.8, 4) is 11.3 Å². The monoisotopic (exact) mass is 429 g/mol. The van der Waals surface area contributed by atoms with Gasteiger partial charge in [0.05, 0.1) is 17.2 Å². The van der Waals surface area contributed by atoms with E-state index in [4.69, 9.17) is 0 Å². The average Bonchev–Trinajstić information content (AvgIpc) is 2.76. The van der Waals surface area contributed by atoms with E-state index in [1.807, 2.05) is 18.2 Å². The lowest BCUT2D eigenvalue weighted by Gasteiger charge is -2.30. The average molecular weight is 429 g/mol. The molecule has 0 radical (unpaired) electrons. The van der Waals surface area contributed by atoms with Crippen LogP contribution in [0, 0.1) is 0 Å². The molecule has 0 aliphatic carbocycles. The van der Waals surface area contributed by atoms with Crippen LogP contribution in [0.3, 0.4) is 0 Å². The molecule has 0 bridgehead atoms. The van der Waals surface area contributed by atoms with Crippen molar-refractivity contribution in [1.29, 1.82) is 0 Å². The van der Waals surface area contributed by atoms with Crippen LogP contribution in [-0.4, -0.2) is 67.0 Å². The van der Waals surface area contributed by atoms with Crippen LogP contribution in [0.15, 0.2) is 48.7 Å².